The number of ether oxygens (including phenoxy) is 2. The molecule has 2 aliphatic heterocycles. The highest BCUT2D eigenvalue weighted by molar-refractivity contribution is 5.81. The minimum absolute atomic E-state index is 0.0294. The summed E-state index contributed by atoms with van der Waals surface area (Å²) in [5, 5.41) is 3.19. The van der Waals surface area contributed by atoms with Crippen molar-refractivity contribution in [3.8, 4) is 0 Å². The molecule has 6 heteroatoms. The number of piperidine rings is 1. The van der Waals surface area contributed by atoms with Gasteiger partial charge < -0.3 is 19.7 Å². The van der Waals surface area contributed by atoms with Crippen LogP contribution in [0, 0.1) is 5.92 Å². The molecule has 0 aromatic heterocycles. The Balaban J connectivity index is 1.41. The molecule has 23 heavy (non-hydrogen) atoms. The Morgan fingerprint density at radius 3 is 2.35 bits per heavy atom. The van der Waals surface area contributed by atoms with E-state index in [2.05, 4.69) is 5.32 Å². The van der Waals surface area contributed by atoms with Gasteiger partial charge in [-0.05, 0) is 25.7 Å². The Bertz CT molecular complexity index is 409. The fraction of sp³-hybridized carbons (Fsp3) is 0.882. The molecule has 1 unspecified atom stereocenters. The van der Waals surface area contributed by atoms with Gasteiger partial charge in [0, 0.05) is 25.0 Å². The van der Waals surface area contributed by atoms with Gasteiger partial charge >= 0.3 is 0 Å². The normalized spacial score (nSPS) is 27.7. The Morgan fingerprint density at radius 2 is 1.70 bits per heavy atom. The van der Waals surface area contributed by atoms with Gasteiger partial charge in [0.05, 0.1) is 19.8 Å². The van der Waals surface area contributed by atoms with E-state index in [-0.39, 0.29) is 23.8 Å². The molecule has 1 N–H and O–H groups in total. The number of hydrogen-bond acceptors (Lipinski definition) is 4. The van der Waals surface area contributed by atoms with E-state index in [1.165, 1.54) is 19.3 Å². The topological polar surface area (TPSA) is 67.9 Å². The number of hydrogen-bond donors (Lipinski definition) is 1. The first-order chi connectivity index (χ1) is 11.2. The van der Waals surface area contributed by atoms with Crippen LogP contribution in [0.5, 0.6) is 0 Å². The lowest BCUT2D eigenvalue weighted by Gasteiger charge is -2.35. The van der Waals surface area contributed by atoms with E-state index in [4.69, 9.17) is 9.47 Å². The number of carbonyl (C=O) groups is 2. The molecule has 2 amide bonds. The summed E-state index contributed by atoms with van der Waals surface area (Å²) in [7, 11) is 0. The van der Waals surface area contributed by atoms with Crippen LogP contribution in [0.2, 0.25) is 0 Å². The minimum Gasteiger partial charge on any atom is -0.376 e. The highest BCUT2D eigenvalue weighted by Crippen LogP contribution is 2.24. The molecule has 3 aliphatic rings. The predicted molar refractivity (Wildman–Crippen MR) is 84.9 cm³/mol. The van der Waals surface area contributed by atoms with E-state index in [1.807, 2.05) is 4.90 Å². The minimum atomic E-state index is -0.447. The van der Waals surface area contributed by atoms with E-state index in [0.29, 0.717) is 32.9 Å². The molecule has 1 aliphatic carbocycles. The highest BCUT2D eigenvalue weighted by atomic mass is 16.6. The van der Waals surface area contributed by atoms with Crippen LogP contribution < -0.4 is 5.32 Å². The van der Waals surface area contributed by atoms with Crippen LogP contribution in [-0.2, 0) is 19.1 Å². The Kier molecular flexibility index (Phi) is 5.89. The maximum atomic E-state index is 12.4. The second-order valence-electron chi connectivity index (χ2n) is 6.88. The second kappa shape index (κ2) is 8.11. The van der Waals surface area contributed by atoms with Gasteiger partial charge in [0.25, 0.3) is 5.91 Å². The third-order valence-electron chi connectivity index (χ3n) is 5.22. The molecule has 0 radical (unpaired) electrons. The molecule has 0 spiro atoms. The summed E-state index contributed by atoms with van der Waals surface area (Å²) in [5.74, 6) is 0.455. The fourth-order valence-electron chi connectivity index (χ4n) is 3.76. The van der Waals surface area contributed by atoms with Crippen molar-refractivity contribution in [2.45, 2.75) is 57.1 Å². The molecule has 0 bridgehead atoms. The summed E-state index contributed by atoms with van der Waals surface area (Å²) in [4.78, 5) is 26.5. The summed E-state index contributed by atoms with van der Waals surface area (Å²) in [5.41, 5.74) is 0. The molecule has 0 aromatic carbocycles. The van der Waals surface area contributed by atoms with Crippen molar-refractivity contribution < 1.29 is 19.1 Å². The number of carbonyl (C=O) groups excluding carboxylic acids is 2. The van der Waals surface area contributed by atoms with Gasteiger partial charge in [0.15, 0.2) is 6.10 Å². The summed E-state index contributed by atoms with van der Waals surface area (Å²) >= 11 is 0. The standard InChI is InChI=1S/C17H28N2O4/c20-16(13-4-2-1-3-5-13)18-14-6-8-19(9-7-14)17(21)15-12-22-10-11-23-15/h13-15H,1-12H2,(H,18,20). The van der Waals surface area contributed by atoms with E-state index in [9.17, 15) is 9.59 Å². The van der Waals surface area contributed by atoms with Crippen molar-refractivity contribution in [3.05, 3.63) is 0 Å². The molecular formula is C17H28N2O4. The quantitative estimate of drug-likeness (QED) is 0.844. The van der Waals surface area contributed by atoms with Gasteiger partial charge in [-0.1, -0.05) is 19.3 Å². The Morgan fingerprint density at radius 1 is 0.957 bits per heavy atom. The van der Waals surface area contributed by atoms with Crippen molar-refractivity contribution in [3.63, 3.8) is 0 Å². The van der Waals surface area contributed by atoms with Crippen LogP contribution in [0.3, 0.4) is 0 Å². The molecule has 0 aromatic rings. The third kappa shape index (κ3) is 4.44. The number of amides is 2. The van der Waals surface area contributed by atoms with Crippen LogP contribution >= 0.6 is 0 Å². The van der Waals surface area contributed by atoms with Crippen LogP contribution in [0.4, 0.5) is 0 Å². The summed E-state index contributed by atoms with van der Waals surface area (Å²) < 4.78 is 10.8. The maximum Gasteiger partial charge on any atom is 0.254 e. The molecule has 130 valence electrons. The summed E-state index contributed by atoms with van der Waals surface area (Å²) in [6.07, 6.45) is 6.89. The monoisotopic (exact) mass is 324 g/mol. The Labute approximate surface area is 137 Å². The molecule has 2 saturated heterocycles. The fourth-order valence-corrected chi connectivity index (χ4v) is 3.76. The zero-order valence-corrected chi connectivity index (χ0v) is 13.8. The average Bonchev–Trinajstić information content (AvgIpc) is 2.63. The first-order valence-corrected chi connectivity index (χ1v) is 9.02. The van der Waals surface area contributed by atoms with Crippen LogP contribution in [0.1, 0.15) is 44.9 Å². The lowest BCUT2D eigenvalue weighted by atomic mass is 9.88. The van der Waals surface area contributed by atoms with E-state index >= 15 is 0 Å². The first-order valence-electron chi connectivity index (χ1n) is 9.02. The molecule has 3 rings (SSSR count). The van der Waals surface area contributed by atoms with Gasteiger partial charge in [-0.2, -0.15) is 0 Å². The number of likely N-dealkylation sites (tertiary alicyclic amines) is 1. The van der Waals surface area contributed by atoms with E-state index in [1.54, 1.807) is 0 Å². The molecule has 3 fully saturated rings. The number of nitrogens with zero attached hydrogens (tertiary/aromatic N) is 1. The molecule has 1 atom stereocenters. The predicted octanol–water partition coefficient (Wildman–Crippen LogP) is 1.09. The number of nitrogens with one attached hydrogen (secondary N) is 1. The maximum absolute atomic E-state index is 12.4. The van der Waals surface area contributed by atoms with Crippen molar-refractivity contribution in [1.29, 1.82) is 0 Å². The largest absolute Gasteiger partial charge is 0.376 e. The third-order valence-corrected chi connectivity index (χ3v) is 5.22. The highest BCUT2D eigenvalue weighted by Gasteiger charge is 2.31. The molecule has 2 heterocycles. The average molecular weight is 324 g/mol. The summed E-state index contributed by atoms with van der Waals surface area (Å²) in [6.45, 7) is 2.79. The van der Waals surface area contributed by atoms with Gasteiger partial charge in [-0.15, -0.1) is 0 Å². The zero-order valence-electron chi connectivity index (χ0n) is 13.8. The van der Waals surface area contributed by atoms with Crippen molar-refractivity contribution in [1.82, 2.24) is 10.2 Å². The van der Waals surface area contributed by atoms with Gasteiger partial charge in [0.1, 0.15) is 0 Å². The van der Waals surface area contributed by atoms with Crippen molar-refractivity contribution in [2.24, 2.45) is 5.92 Å². The lowest BCUT2D eigenvalue weighted by Crippen LogP contribution is -2.52. The SMILES string of the molecule is O=C(NC1CCN(C(=O)C2COCCO2)CC1)C1CCCCC1. The molecule has 1 saturated carbocycles. The second-order valence-corrected chi connectivity index (χ2v) is 6.88. The van der Waals surface area contributed by atoms with Crippen molar-refractivity contribution >= 4 is 11.8 Å². The van der Waals surface area contributed by atoms with Crippen molar-refractivity contribution in [2.75, 3.05) is 32.9 Å². The van der Waals surface area contributed by atoms with E-state index in [0.717, 1.165) is 25.7 Å². The smallest absolute Gasteiger partial charge is 0.254 e. The van der Waals surface area contributed by atoms with E-state index < -0.39 is 6.10 Å². The van der Waals surface area contributed by atoms with Crippen LogP contribution in [-0.4, -0.2) is 61.8 Å². The first kappa shape index (κ1) is 16.7. The Hall–Kier alpha value is -1.14. The molecule has 6 nitrogen and oxygen atoms in total. The van der Waals surface area contributed by atoms with Gasteiger partial charge in [-0.25, -0.2) is 0 Å². The summed E-state index contributed by atoms with van der Waals surface area (Å²) in [6, 6.07) is 0.206. The zero-order chi connectivity index (χ0) is 16.1. The van der Waals surface area contributed by atoms with Gasteiger partial charge in [-0.3, -0.25) is 9.59 Å². The van der Waals surface area contributed by atoms with Crippen LogP contribution in [0.25, 0.3) is 0 Å². The molecular weight excluding hydrogens is 296 g/mol. The van der Waals surface area contributed by atoms with Gasteiger partial charge in [0.2, 0.25) is 5.91 Å². The number of rotatable bonds is 3. The van der Waals surface area contributed by atoms with Crippen LogP contribution in [0.15, 0.2) is 0 Å². The lowest BCUT2D eigenvalue weighted by molar-refractivity contribution is -0.159.